The zero-order chi connectivity index (χ0) is 15.9. The second-order valence-corrected chi connectivity index (χ2v) is 5.78. The predicted octanol–water partition coefficient (Wildman–Crippen LogP) is 1.95. The molecular weight excluding hydrogens is 278 g/mol. The highest BCUT2D eigenvalue weighted by atomic mass is 16.2. The summed E-state index contributed by atoms with van der Waals surface area (Å²) in [5.41, 5.74) is 6.90. The Bertz CT molecular complexity index is 756. The maximum Gasteiger partial charge on any atom is 0.250 e. The lowest BCUT2D eigenvalue weighted by Gasteiger charge is -2.42. The van der Waals surface area contributed by atoms with E-state index in [4.69, 9.17) is 5.73 Å². The smallest absolute Gasteiger partial charge is 0.250 e. The fraction of sp³-hybridized carbons (Fsp3) is 0.294. The van der Waals surface area contributed by atoms with Crippen molar-refractivity contribution in [2.24, 2.45) is 11.7 Å². The quantitative estimate of drug-likeness (QED) is 0.876. The third kappa shape index (κ3) is 2.19. The van der Waals surface area contributed by atoms with Crippen molar-refractivity contribution in [2.75, 3.05) is 13.1 Å². The zero-order valence-electron chi connectivity index (χ0n) is 12.5. The number of likely N-dealkylation sites (tertiary alicyclic amines) is 1. The lowest BCUT2D eigenvalue weighted by molar-refractivity contribution is -0.133. The second kappa shape index (κ2) is 5.33. The largest absolute Gasteiger partial charge is 0.366 e. The molecule has 5 nitrogen and oxygen atoms in total. The molecule has 1 saturated heterocycles. The summed E-state index contributed by atoms with van der Waals surface area (Å²) in [4.78, 5) is 25.0. The van der Waals surface area contributed by atoms with Crippen LogP contribution < -0.4 is 5.73 Å². The van der Waals surface area contributed by atoms with Crippen molar-refractivity contribution >= 4 is 22.7 Å². The van der Waals surface area contributed by atoms with E-state index >= 15 is 0 Å². The van der Waals surface area contributed by atoms with Gasteiger partial charge in [0, 0.05) is 36.6 Å². The minimum absolute atomic E-state index is 0.0290. The summed E-state index contributed by atoms with van der Waals surface area (Å²) < 4.78 is 2.09. The summed E-state index contributed by atoms with van der Waals surface area (Å²) in [5.74, 6) is -0.0890. The Morgan fingerprint density at radius 3 is 2.73 bits per heavy atom. The topological polar surface area (TPSA) is 68.3 Å². The van der Waals surface area contributed by atoms with E-state index in [-0.39, 0.29) is 11.9 Å². The van der Waals surface area contributed by atoms with Crippen molar-refractivity contribution in [3.05, 3.63) is 48.7 Å². The maximum atomic E-state index is 11.7. The van der Waals surface area contributed by atoms with E-state index in [1.165, 1.54) is 6.08 Å². The molecule has 0 saturated carbocycles. The Kier molecular flexibility index (Phi) is 3.48. The van der Waals surface area contributed by atoms with E-state index in [0.29, 0.717) is 24.6 Å². The molecule has 1 aliphatic rings. The molecule has 5 heteroatoms. The fourth-order valence-corrected chi connectivity index (χ4v) is 3.11. The number of benzene rings is 1. The number of nitrogens with two attached hydrogens (primary N) is 1. The molecule has 1 unspecified atom stereocenters. The van der Waals surface area contributed by atoms with Gasteiger partial charge in [-0.1, -0.05) is 18.7 Å². The van der Waals surface area contributed by atoms with Gasteiger partial charge in [-0.2, -0.15) is 0 Å². The summed E-state index contributed by atoms with van der Waals surface area (Å²) >= 11 is 0. The van der Waals surface area contributed by atoms with Crippen LogP contribution in [0.4, 0.5) is 0 Å². The number of hydrogen-bond acceptors (Lipinski definition) is 2. The first-order chi connectivity index (χ1) is 10.5. The number of nitrogens with zero attached hydrogens (tertiary/aromatic N) is 2. The third-order valence-electron chi connectivity index (χ3n) is 4.52. The molecule has 2 amide bonds. The van der Waals surface area contributed by atoms with Gasteiger partial charge in [0.05, 0.1) is 11.1 Å². The average Bonchev–Trinajstić information content (AvgIpc) is 2.88. The number of fused-ring (bicyclic) bond motifs is 1. The standard InChI is InChI=1S/C17H19N3O2/c1-3-15(21)19-9-13(10-19)11(2)20-8-7-12-5-4-6-14(16(12)20)17(18)22/h3-8,11,13H,1,9-10H2,2H3,(H2,18,22). The van der Waals surface area contributed by atoms with Gasteiger partial charge in [-0.25, -0.2) is 0 Å². The number of amides is 2. The first-order valence-corrected chi connectivity index (χ1v) is 7.33. The Balaban J connectivity index is 1.90. The molecule has 0 spiro atoms. The van der Waals surface area contributed by atoms with Crippen molar-refractivity contribution in [1.29, 1.82) is 0 Å². The van der Waals surface area contributed by atoms with Crippen LogP contribution in [-0.2, 0) is 4.79 Å². The summed E-state index contributed by atoms with van der Waals surface area (Å²) in [5, 5.41) is 1.00. The van der Waals surface area contributed by atoms with Crippen LogP contribution in [0.2, 0.25) is 0 Å². The molecule has 0 aliphatic carbocycles. The molecule has 0 bridgehead atoms. The molecule has 2 heterocycles. The van der Waals surface area contributed by atoms with Crippen LogP contribution in [-0.4, -0.2) is 34.4 Å². The van der Waals surface area contributed by atoms with E-state index in [1.807, 2.05) is 24.4 Å². The highest BCUT2D eigenvalue weighted by Crippen LogP contribution is 2.32. The Morgan fingerprint density at radius 2 is 2.09 bits per heavy atom. The summed E-state index contributed by atoms with van der Waals surface area (Å²) in [6.45, 7) is 7.04. The van der Waals surface area contributed by atoms with E-state index < -0.39 is 5.91 Å². The van der Waals surface area contributed by atoms with Gasteiger partial charge >= 0.3 is 0 Å². The lowest BCUT2D eigenvalue weighted by atomic mass is 9.92. The summed E-state index contributed by atoms with van der Waals surface area (Å²) in [6, 6.07) is 7.74. The van der Waals surface area contributed by atoms with Crippen LogP contribution in [0.1, 0.15) is 23.3 Å². The second-order valence-electron chi connectivity index (χ2n) is 5.78. The van der Waals surface area contributed by atoms with Crippen LogP contribution in [0.3, 0.4) is 0 Å². The van der Waals surface area contributed by atoms with E-state index in [0.717, 1.165) is 10.9 Å². The highest BCUT2D eigenvalue weighted by molar-refractivity contribution is 6.05. The van der Waals surface area contributed by atoms with Gasteiger partial charge in [0.15, 0.2) is 0 Å². The molecule has 1 aliphatic heterocycles. The van der Waals surface area contributed by atoms with Gasteiger partial charge in [-0.15, -0.1) is 0 Å². The average molecular weight is 297 g/mol. The molecule has 1 fully saturated rings. The Labute approximate surface area is 129 Å². The SMILES string of the molecule is C=CC(=O)N1CC(C(C)n2ccc3cccc(C(N)=O)c32)C1. The molecule has 22 heavy (non-hydrogen) atoms. The van der Waals surface area contributed by atoms with Crippen LogP contribution in [0.5, 0.6) is 0 Å². The fourth-order valence-electron chi connectivity index (χ4n) is 3.11. The van der Waals surface area contributed by atoms with Crippen molar-refractivity contribution in [3.63, 3.8) is 0 Å². The van der Waals surface area contributed by atoms with Crippen molar-refractivity contribution in [3.8, 4) is 0 Å². The molecule has 3 rings (SSSR count). The molecule has 0 radical (unpaired) electrons. The van der Waals surface area contributed by atoms with Gasteiger partial charge in [-0.3, -0.25) is 9.59 Å². The molecule has 2 N–H and O–H groups in total. The molecule has 2 aromatic rings. The normalized spacial score (nSPS) is 16.3. The van der Waals surface area contributed by atoms with Crippen LogP contribution in [0.25, 0.3) is 10.9 Å². The van der Waals surface area contributed by atoms with Crippen LogP contribution >= 0.6 is 0 Å². The van der Waals surface area contributed by atoms with Gasteiger partial charge in [0.2, 0.25) is 5.91 Å². The number of hydrogen-bond donors (Lipinski definition) is 1. The number of primary amides is 1. The number of aromatic nitrogens is 1. The Hall–Kier alpha value is -2.56. The van der Waals surface area contributed by atoms with Gasteiger partial charge < -0.3 is 15.2 Å². The first kappa shape index (κ1) is 14.4. The highest BCUT2D eigenvalue weighted by Gasteiger charge is 2.34. The number of carbonyl (C=O) groups excluding carboxylic acids is 2. The van der Waals surface area contributed by atoms with Crippen molar-refractivity contribution < 1.29 is 9.59 Å². The van der Waals surface area contributed by atoms with Crippen molar-refractivity contribution in [1.82, 2.24) is 9.47 Å². The molecular formula is C17H19N3O2. The number of para-hydroxylation sites is 1. The van der Waals surface area contributed by atoms with Crippen molar-refractivity contribution in [2.45, 2.75) is 13.0 Å². The van der Waals surface area contributed by atoms with E-state index in [2.05, 4.69) is 18.1 Å². The molecule has 114 valence electrons. The molecule has 1 aromatic heterocycles. The lowest BCUT2D eigenvalue weighted by Crippen LogP contribution is -2.51. The van der Waals surface area contributed by atoms with Gasteiger partial charge in [0.1, 0.15) is 0 Å². The summed E-state index contributed by atoms with van der Waals surface area (Å²) in [6.07, 6.45) is 3.33. The zero-order valence-corrected chi connectivity index (χ0v) is 12.5. The van der Waals surface area contributed by atoms with E-state index in [1.54, 1.807) is 11.0 Å². The van der Waals surface area contributed by atoms with Gasteiger partial charge in [-0.05, 0) is 25.1 Å². The van der Waals surface area contributed by atoms with Crippen LogP contribution in [0.15, 0.2) is 43.1 Å². The van der Waals surface area contributed by atoms with Crippen LogP contribution in [0, 0.1) is 5.92 Å². The monoisotopic (exact) mass is 297 g/mol. The maximum absolute atomic E-state index is 11.7. The number of rotatable bonds is 4. The number of carbonyl (C=O) groups is 2. The molecule has 1 atom stereocenters. The minimum atomic E-state index is -0.421. The Morgan fingerprint density at radius 1 is 1.36 bits per heavy atom. The first-order valence-electron chi connectivity index (χ1n) is 7.33. The third-order valence-corrected chi connectivity index (χ3v) is 4.52. The predicted molar refractivity (Wildman–Crippen MR) is 85.4 cm³/mol. The molecule has 1 aromatic carbocycles. The van der Waals surface area contributed by atoms with Gasteiger partial charge in [0.25, 0.3) is 5.91 Å². The summed E-state index contributed by atoms with van der Waals surface area (Å²) in [7, 11) is 0. The minimum Gasteiger partial charge on any atom is -0.366 e. The van der Waals surface area contributed by atoms with E-state index in [9.17, 15) is 9.59 Å².